The highest BCUT2D eigenvalue weighted by atomic mass is 16.5. The lowest BCUT2D eigenvalue weighted by molar-refractivity contribution is 0.0474. The van der Waals surface area contributed by atoms with Crippen LogP contribution in [0.3, 0.4) is 0 Å². The molecule has 10 heteroatoms. The summed E-state index contributed by atoms with van der Waals surface area (Å²) >= 11 is 0. The molecule has 10 nitrogen and oxygen atoms in total. The molecule has 2 aromatic carbocycles. The molecule has 1 atom stereocenters. The van der Waals surface area contributed by atoms with E-state index in [1.54, 1.807) is 0 Å². The van der Waals surface area contributed by atoms with Crippen LogP contribution in [0.5, 0.6) is 0 Å². The normalized spacial score (nSPS) is 17.4. The zero-order valence-corrected chi connectivity index (χ0v) is 16.7. The number of carboxylic acid groups (broad SMARTS) is 2. The molecule has 1 fully saturated rings. The molecule has 0 aliphatic carbocycles. The van der Waals surface area contributed by atoms with E-state index in [1.165, 1.54) is 18.2 Å². The van der Waals surface area contributed by atoms with Crippen LogP contribution in [0.2, 0.25) is 0 Å². The van der Waals surface area contributed by atoms with Crippen molar-refractivity contribution in [2.75, 3.05) is 18.5 Å². The molecule has 164 valence electrons. The first-order chi connectivity index (χ1) is 15.2. The van der Waals surface area contributed by atoms with Crippen LogP contribution in [0, 0.1) is 0 Å². The van der Waals surface area contributed by atoms with Crippen molar-refractivity contribution in [3.63, 3.8) is 0 Å². The fraction of sp³-hybridized carbons (Fsp3) is 0.227. The van der Waals surface area contributed by atoms with Crippen LogP contribution in [0.25, 0.3) is 0 Å². The topological polar surface area (TPSA) is 150 Å². The first-order valence-corrected chi connectivity index (χ1v) is 9.79. The summed E-state index contributed by atoms with van der Waals surface area (Å²) in [7, 11) is 0. The third kappa shape index (κ3) is 3.95. The summed E-state index contributed by atoms with van der Waals surface area (Å²) in [6.07, 6.45) is 1.42. The molecular formula is C22H18N2O8. The van der Waals surface area contributed by atoms with E-state index in [2.05, 4.69) is 5.32 Å². The summed E-state index contributed by atoms with van der Waals surface area (Å²) in [5.41, 5.74) is -0.312. The number of anilines is 1. The maximum absolute atomic E-state index is 12.8. The van der Waals surface area contributed by atoms with E-state index in [0.717, 1.165) is 35.9 Å². The molecule has 0 bridgehead atoms. The smallest absolute Gasteiger partial charge is 0.335 e. The number of amides is 3. The highest BCUT2D eigenvalue weighted by Crippen LogP contribution is 2.26. The van der Waals surface area contributed by atoms with E-state index in [-0.39, 0.29) is 46.2 Å². The van der Waals surface area contributed by atoms with Crippen LogP contribution < -0.4 is 5.32 Å². The van der Waals surface area contributed by atoms with E-state index >= 15 is 0 Å². The average molecular weight is 438 g/mol. The van der Waals surface area contributed by atoms with Gasteiger partial charge in [-0.05, 0) is 49.2 Å². The van der Waals surface area contributed by atoms with Crippen molar-refractivity contribution in [3.05, 3.63) is 64.2 Å². The number of benzene rings is 2. The lowest BCUT2D eigenvalue weighted by atomic mass is 10.0. The van der Waals surface area contributed by atoms with Gasteiger partial charge < -0.3 is 20.3 Å². The van der Waals surface area contributed by atoms with Crippen molar-refractivity contribution in [1.29, 1.82) is 0 Å². The minimum atomic E-state index is -1.35. The van der Waals surface area contributed by atoms with Gasteiger partial charge in [0.25, 0.3) is 17.7 Å². The van der Waals surface area contributed by atoms with Gasteiger partial charge in [0, 0.05) is 17.9 Å². The minimum absolute atomic E-state index is 0.0322. The van der Waals surface area contributed by atoms with E-state index in [4.69, 9.17) is 14.9 Å². The molecule has 2 aliphatic rings. The van der Waals surface area contributed by atoms with Crippen LogP contribution in [-0.2, 0) is 4.74 Å². The Bertz CT molecular complexity index is 1130. The second kappa shape index (κ2) is 8.23. The predicted octanol–water partition coefficient (Wildman–Crippen LogP) is 2.11. The quantitative estimate of drug-likeness (QED) is 0.580. The number of carboxylic acids is 2. The second-order valence-electron chi connectivity index (χ2n) is 7.48. The maximum atomic E-state index is 12.8. The number of carbonyl (C=O) groups excluding carboxylic acids is 3. The Morgan fingerprint density at radius 2 is 1.59 bits per heavy atom. The van der Waals surface area contributed by atoms with E-state index in [9.17, 15) is 24.0 Å². The fourth-order valence-electron chi connectivity index (χ4n) is 3.74. The molecule has 0 unspecified atom stereocenters. The van der Waals surface area contributed by atoms with Gasteiger partial charge in [-0.3, -0.25) is 19.3 Å². The van der Waals surface area contributed by atoms with Gasteiger partial charge in [-0.25, -0.2) is 9.59 Å². The van der Waals surface area contributed by atoms with E-state index in [1.807, 2.05) is 0 Å². The van der Waals surface area contributed by atoms with Crippen LogP contribution in [0.1, 0.15) is 64.6 Å². The second-order valence-corrected chi connectivity index (χ2v) is 7.48. The Balaban J connectivity index is 1.56. The Labute approximate surface area is 181 Å². The van der Waals surface area contributed by atoms with Gasteiger partial charge in [-0.2, -0.15) is 0 Å². The van der Waals surface area contributed by atoms with Crippen molar-refractivity contribution in [2.45, 2.75) is 18.9 Å². The molecule has 32 heavy (non-hydrogen) atoms. The first kappa shape index (κ1) is 21.2. The number of nitrogens with one attached hydrogen (secondary N) is 1. The molecular weight excluding hydrogens is 420 g/mol. The number of nitrogens with zero attached hydrogens (tertiary/aromatic N) is 1. The van der Waals surface area contributed by atoms with E-state index < -0.39 is 29.7 Å². The lowest BCUT2D eigenvalue weighted by Gasteiger charge is -2.17. The van der Waals surface area contributed by atoms with Gasteiger partial charge in [0.05, 0.1) is 34.9 Å². The molecule has 3 N–H and O–H groups in total. The van der Waals surface area contributed by atoms with Gasteiger partial charge in [0.15, 0.2) is 0 Å². The first-order valence-electron chi connectivity index (χ1n) is 9.79. The molecule has 0 radical (unpaired) electrons. The standard InChI is InChI=1S/C22H18N2O8/c25-18(23-14-7-12(21(28)29)6-13(8-14)22(30)31)11-3-4-16-17(9-11)20(27)24(19(16)26)10-15-2-1-5-32-15/h3-4,6-9,15H,1-2,5,10H2,(H,23,25)(H,28,29)(H,30,31)/t15-/m0/s1. The summed E-state index contributed by atoms with van der Waals surface area (Å²) in [5, 5.41) is 20.8. The van der Waals surface area contributed by atoms with Crippen molar-refractivity contribution < 1.29 is 38.9 Å². The van der Waals surface area contributed by atoms with Crippen molar-refractivity contribution in [1.82, 2.24) is 4.90 Å². The summed E-state index contributed by atoms with van der Waals surface area (Å²) in [6, 6.07) is 7.27. The summed E-state index contributed by atoms with van der Waals surface area (Å²) < 4.78 is 5.50. The highest BCUT2D eigenvalue weighted by molar-refractivity contribution is 6.22. The Hall–Kier alpha value is -4.05. The predicted molar refractivity (Wildman–Crippen MR) is 109 cm³/mol. The number of imide groups is 1. The zero-order chi connectivity index (χ0) is 23.0. The van der Waals surface area contributed by atoms with Gasteiger partial charge in [-0.1, -0.05) is 0 Å². The largest absolute Gasteiger partial charge is 0.478 e. The molecule has 2 heterocycles. The SMILES string of the molecule is O=C(O)c1cc(NC(=O)c2ccc3c(c2)C(=O)N(C[C@@H]2CCCO2)C3=O)cc(C(=O)O)c1. The third-order valence-electron chi connectivity index (χ3n) is 5.33. The highest BCUT2D eigenvalue weighted by Gasteiger charge is 2.38. The van der Waals surface area contributed by atoms with E-state index in [0.29, 0.717) is 6.61 Å². The number of fused-ring (bicyclic) bond motifs is 1. The number of hydrogen-bond acceptors (Lipinski definition) is 6. The van der Waals surface area contributed by atoms with Gasteiger partial charge in [-0.15, -0.1) is 0 Å². The van der Waals surface area contributed by atoms with Gasteiger partial charge in [0.2, 0.25) is 0 Å². The number of rotatable bonds is 6. The number of carbonyl (C=O) groups is 5. The molecule has 0 spiro atoms. The van der Waals surface area contributed by atoms with Gasteiger partial charge >= 0.3 is 11.9 Å². The number of aromatic carboxylic acids is 2. The fourth-order valence-corrected chi connectivity index (χ4v) is 3.74. The van der Waals surface area contributed by atoms with Crippen LogP contribution >= 0.6 is 0 Å². The molecule has 0 aromatic heterocycles. The van der Waals surface area contributed by atoms with Crippen molar-refractivity contribution in [2.24, 2.45) is 0 Å². The summed E-state index contributed by atoms with van der Waals surface area (Å²) in [4.78, 5) is 61.6. The number of hydrogen-bond donors (Lipinski definition) is 3. The number of ether oxygens (including phenoxy) is 1. The third-order valence-corrected chi connectivity index (χ3v) is 5.33. The van der Waals surface area contributed by atoms with Crippen LogP contribution in [0.4, 0.5) is 5.69 Å². The molecule has 1 saturated heterocycles. The van der Waals surface area contributed by atoms with Gasteiger partial charge in [0.1, 0.15) is 0 Å². The minimum Gasteiger partial charge on any atom is -0.478 e. The molecule has 3 amide bonds. The molecule has 4 rings (SSSR count). The summed E-state index contributed by atoms with van der Waals surface area (Å²) in [5.74, 6) is -4.36. The Morgan fingerprint density at radius 3 is 2.19 bits per heavy atom. The van der Waals surface area contributed by atoms with Crippen molar-refractivity contribution >= 4 is 35.3 Å². The van der Waals surface area contributed by atoms with Crippen LogP contribution in [0.15, 0.2) is 36.4 Å². The molecule has 2 aromatic rings. The van der Waals surface area contributed by atoms with Crippen LogP contribution in [-0.4, -0.2) is 64.0 Å². The Kier molecular flexibility index (Phi) is 5.45. The summed E-state index contributed by atoms with van der Waals surface area (Å²) in [6.45, 7) is 0.735. The average Bonchev–Trinajstić information content (AvgIpc) is 3.36. The van der Waals surface area contributed by atoms with Crippen molar-refractivity contribution in [3.8, 4) is 0 Å². The lowest BCUT2D eigenvalue weighted by Crippen LogP contribution is -2.36. The Morgan fingerprint density at radius 1 is 0.938 bits per heavy atom. The zero-order valence-electron chi connectivity index (χ0n) is 16.7. The maximum Gasteiger partial charge on any atom is 0.335 e. The monoisotopic (exact) mass is 438 g/mol. The molecule has 0 saturated carbocycles. The molecule has 2 aliphatic heterocycles.